The van der Waals surface area contributed by atoms with Crippen LogP contribution in [0.15, 0.2) is 16.6 Å². The van der Waals surface area contributed by atoms with Crippen LogP contribution < -0.4 is 9.47 Å². The minimum Gasteiger partial charge on any atom is -0.454 e. The van der Waals surface area contributed by atoms with Crippen LogP contribution in [0.4, 0.5) is 0 Å². The predicted molar refractivity (Wildman–Crippen MR) is 48.2 cm³/mol. The summed E-state index contributed by atoms with van der Waals surface area (Å²) in [4.78, 5) is 0. The molecule has 1 aliphatic heterocycles. The molecular weight excluding hydrogens is 220 g/mol. The Kier molecular flexibility index (Phi) is 1.70. The molecule has 0 aromatic heterocycles. The number of halogens is 1. The van der Waals surface area contributed by atoms with Gasteiger partial charge in [0, 0.05) is 16.1 Å². The van der Waals surface area contributed by atoms with Crippen LogP contribution in [0.3, 0.4) is 0 Å². The lowest BCUT2D eigenvalue weighted by atomic mass is 10.2. The highest BCUT2D eigenvalue weighted by Crippen LogP contribution is 2.36. The molecule has 0 saturated heterocycles. The van der Waals surface area contributed by atoms with Crippen molar-refractivity contribution in [2.24, 2.45) is 0 Å². The average molecular weight is 225 g/mol. The molecule has 0 amide bonds. The van der Waals surface area contributed by atoms with Gasteiger partial charge in [-0.15, -0.1) is 6.42 Å². The van der Waals surface area contributed by atoms with Crippen LogP contribution in [0, 0.1) is 12.3 Å². The summed E-state index contributed by atoms with van der Waals surface area (Å²) in [5.41, 5.74) is 0.777. The Labute approximate surface area is 78.6 Å². The van der Waals surface area contributed by atoms with Gasteiger partial charge in [-0.3, -0.25) is 0 Å². The quantitative estimate of drug-likeness (QED) is 0.630. The number of ether oxygens (including phenoxy) is 2. The van der Waals surface area contributed by atoms with E-state index < -0.39 is 0 Å². The standard InChI is InChI=1S/C9H5BrO2/c1-2-6-3-8-9(4-7(6)10)12-5-11-8/h1,3-4H,5H2. The molecule has 12 heavy (non-hydrogen) atoms. The molecule has 0 fully saturated rings. The van der Waals surface area contributed by atoms with Crippen LogP contribution in [-0.2, 0) is 0 Å². The monoisotopic (exact) mass is 224 g/mol. The second-order valence-electron chi connectivity index (χ2n) is 2.33. The summed E-state index contributed by atoms with van der Waals surface area (Å²) in [6, 6.07) is 3.60. The van der Waals surface area contributed by atoms with Crippen molar-refractivity contribution >= 4 is 15.9 Å². The molecule has 2 nitrogen and oxygen atoms in total. The summed E-state index contributed by atoms with van der Waals surface area (Å²) in [6.45, 7) is 0.274. The Morgan fingerprint density at radius 1 is 1.33 bits per heavy atom. The molecule has 1 heterocycles. The maximum Gasteiger partial charge on any atom is 0.231 e. The van der Waals surface area contributed by atoms with E-state index in [1.807, 2.05) is 6.07 Å². The van der Waals surface area contributed by atoms with Crippen molar-refractivity contribution < 1.29 is 9.47 Å². The van der Waals surface area contributed by atoms with Gasteiger partial charge >= 0.3 is 0 Å². The first kappa shape index (κ1) is 7.51. The first-order valence-corrected chi connectivity index (χ1v) is 4.16. The summed E-state index contributed by atoms with van der Waals surface area (Å²) in [7, 11) is 0. The lowest BCUT2D eigenvalue weighted by Gasteiger charge is -1.98. The molecule has 0 saturated carbocycles. The molecule has 60 valence electrons. The van der Waals surface area contributed by atoms with Crippen LogP contribution >= 0.6 is 15.9 Å². The molecule has 1 aromatic rings. The van der Waals surface area contributed by atoms with Crippen molar-refractivity contribution in [3.63, 3.8) is 0 Å². The van der Waals surface area contributed by atoms with Gasteiger partial charge in [0.2, 0.25) is 6.79 Å². The predicted octanol–water partition coefficient (Wildman–Crippen LogP) is 2.16. The average Bonchev–Trinajstić information content (AvgIpc) is 2.49. The molecule has 0 N–H and O–H groups in total. The highest BCUT2D eigenvalue weighted by molar-refractivity contribution is 9.10. The summed E-state index contributed by atoms with van der Waals surface area (Å²) in [5, 5.41) is 0. The zero-order chi connectivity index (χ0) is 8.55. The highest BCUT2D eigenvalue weighted by atomic mass is 79.9. The molecule has 0 radical (unpaired) electrons. The highest BCUT2D eigenvalue weighted by Gasteiger charge is 2.14. The van der Waals surface area contributed by atoms with E-state index in [9.17, 15) is 0 Å². The number of hydrogen-bond donors (Lipinski definition) is 0. The van der Waals surface area contributed by atoms with E-state index in [-0.39, 0.29) is 6.79 Å². The molecule has 1 aliphatic rings. The van der Waals surface area contributed by atoms with Crippen molar-refractivity contribution in [1.82, 2.24) is 0 Å². The van der Waals surface area contributed by atoms with E-state index in [1.54, 1.807) is 6.07 Å². The van der Waals surface area contributed by atoms with Crippen molar-refractivity contribution in [2.75, 3.05) is 6.79 Å². The first-order chi connectivity index (χ1) is 5.81. The Bertz CT molecular complexity index is 365. The molecule has 3 heteroatoms. The third-order valence-electron chi connectivity index (χ3n) is 1.62. The molecule has 0 atom stereocenters. The van der Waals surface area contributed by atoms with Gasteiger partial charge in [-0.1, -0.05) is 5.92 Å². The number of fused-ring (bicyclic) bond motifs is 1. The van der Waals surface area contributed by atoms with E-state index in [0.717, 1.165) is 15.8 Å². The smallest absolute Gasteiger partial charge is 0.231 e. The van der Waals surface area contributed by atoms with Gasteiger partial charge in [0.1, 0.15) is 0 Å². The van der Waals surface area contributed by atoms with E-state index in [2.05, 4.69) is 21.9 Å². The number of hydrogen-bond acceptors (Lipinski definition) is 2. The summed E-state index contributed by atoms with van der Waals surface area (Å²) < 4.78 is 11.2. The van der Waals surface area contributed by atoms with Crippen molar-refractivity contribution in [3.05, 3.63) is 22.2 Å². The number of terminal acetylenes is 1. The second-order valence-corrected chi connectivity index (χ2v) is 3.18. The largest absolute Gasteiger partial charge is 0.454 e. The van der Waals surface area contributed by atoms with Gasteiger partial charge in [0.15, 0.2) is 11.5 Å². The minimum absolute atomic E-state index is 0.274. The Hall–Kier alpha value is -1.14. The third kappa shape index (κ3) is 1.05. The summed E-state index contributed by atoms with van der Waals surface area (Å²) in [6.07, 6.45) is 5.27. The molecule has 0 aliphatic carbocycles. The Morgan fingerprint density at radius 2 is 2.00 bits per heavy atom. The van der Waals surface area contributed by atoms with Crippen molar-refractivity contribution in [1.29, 1.82) is 0 Å². The van der Waals surface area contributed by atoms with Gasteiger partial charge in [-0.05, 0) is 22.0 Å². The molecule has 0 unspecified atom stereocenters. The van der Waals surface area contributed by atoms with Gasteiger partial charge in [-0.2, -0.15) is 0 Å². The topological polar surface area (TPSA) is 18.5 Å². The zero-order valence-electron chi connectivity index (χ0n) is 6.13. The van der Waals surface area contributed by atoms with Gasteiger partial charge in [0.25, 0.3) is 0 Å². The minimum atomic E-state index is 0.274. The van der Waals surface area contributed by atoms with E-state index in [4.69, 9.17) is 15.9 Å². The first-order valence-electron chi connectivity index (χ1n) is 3.37. The summed E-state index contributed by atoms with van der Waals surface area (Å²) in [5.74, 6) is 3.99. The Morgan fingerprint density at radius 3 is 2.67 bits per heavy atom. The molecule has 0 bridgehead atoms. The fraction of sp³-hybridized carbons (Fsp3) is 0.111. The molecule has 2 rings (SSSR count). The SMILES string of the molecule is C#Cc1cc2c(cc1Br)OCO2. The normalized spacial score (nSPS) is 12.7. The van der Waals surface area contributed by atoms with Gasteiger partial charge in [-0.25, -0.2) is 0 Å². The van der Waals surface area contributed by atoms with E-state index >= 15 is 0 Å². The van der Waals surface area contributed by atoms with Crippen LogP contribution in [-0.4, -0.2) is 6.79 Å². The van der Waals surface area contributed by atoms with Gasteiger partial charge < -0.3 is 9.47 Å². The zero-order valence-corrected chi connectivity index (χ0v) is 7.72. The Balaban J connectivity index is 2.59. The maximum atomic E-state index is 5.27. The maximum absolute atomic E-state index is 5.27. The third-order valence-corrected chi connectivity index (χ3v) is 2.27. The van der Waals surface area contributed by atoms with Crippen LogP contribution in [0.5, 0.6) is 11.5 Å². The van der Waals surface area contributed by atoms with Crippen LogP contribution in [0.1, 0.15) is 5.56 Å². The molecular formula is C9H5BrO2. The number of rotatable bonds is 0. The van der Waals surface area contributed by atoms with Crippen LogP contribution in [0.2, 0.25) is 0 Å². The fourth-order valence-electron chi connectivity index (χ4n) is 1.03. The molecule has 1 aromatic carbocycles. The fourth-order valence-corrected chi connectivity index (χ4v) is 1.46. The number of benzene rings is 1. The van der Waals surface area contributed by atoms with Crippen LogP contribution in [0.25, 0.3) is 0 Å². The van der Waals surface area contributed by atoms with E-state index in [0.29, 0.717) is 5.75 Å². The lowest BCUT2D eigenvalue weighted by Crippen LogP contribution is -1.92. The van der Waals surface area contributed by atoms with E-state index in [1.165, 1.54) is 0 Å². The van der Waals surface area contributed by atoms with Crippen molar-refractivity contribution in [2.45, 2.75) is 0 Å². The second kappa shape index (κ2) is 2.72. The summed E-state index contributed by atoms with van der Waals surface area (Å²) >= 11 is 3.33. The van der Waals surface area contributed by atoms with Crippen molar-refractivity contribution in [3.8, 4) is 23.8 Å². The molecule has 0 spiro atoms. The lowest BCUT2D eigenvalue weighted by molar-refractivity contribution is 0.174. The van der Waals surface area contributed by atoms with Gasteiger partial charge in [0.05, 0.1) is 0 Å².